The third-order valence-corrected chi connectivity index (χ3v) is 2.79. The van der Waals surface area contributed by atoms with E-state index in [-0.39, 0.29) is 12.6 Å². The highest BCUT2D eigenvalue weighted by Gasteiger charge is 2.08. The second-order valence-corrected chi connectivity index (χ2v) is 3.85. The molecule has 4 heteroatoms. The van der Waals surface area contributed by atoms with Crippen LogP contribution in [0.5, 0.6) is 11.5 Å². The van der Waals surface area contributed by atoms with E-state index in [0.29, 0.717) is 6.54 Å². The molecule has 0 fully saturated rings. The largest absolute Gasteiger partial charge is 0.497 e. The van der Waals surface area contributed by atoms with Gasteiger partial charge in [0, 0.05) is 24.2 Å². The number of methoxy groups -OCH3 is 2. The molecule has 0 amide bonds. The zero-order valence-corrected chi connectivity index (χ0v) is 10.7. The number of hydrogen-bond acceptors (Lipinski definition) is 4. The quantitative estimate of drug-likeness (QED) is 0.758. The molecule has 17 heavy (non-hydrogen) atoms. The summed E-state index contributed by atoms with van der Waals surface area (Å²) in [5.74, 6) is 1.57. The molecule has 0 spiro atoms. The van der Waals surface area contributed by atoms with Gasteiger partial charge in [0.2, 0.25) is 0 Å². The van der Waals surface area contributed by atoms with E-state index < -0.39 is 0 Å². The molecule has 0 aromatic heterocycles. The van der Waals surface area contributed by atoms with E-state index in [1.807, 2.05) is 25.1 Å². The van der Waals surface area contributed by atoms with Crippen molar-refractivity contribution in [2.75, 3.05) is 20.8 Å². The van der Waals surface area contributed by atoms with Crippen molar-refractivity contribution in [2.45, 2.75) is 25.9 Å². The molecule has 0 bridgehead atoms. The maximum atomic E-state index is 9.10. The Kier molecular flexibility index (Phi) is 5.80. The van der Waals surface area contributed by atoms with Crippen molar-refractivity contribution < 1.29 is 14.6 Å². The topological polar surface area (TPSA) is 50.7 Å². The molecule has 2 N–H and O–H groups in total. The van der Waals surface area contributed by atoms with Crippen LogP contribution in [0.25, 0.3) is 0 Å². The predicted octanol–water partition coefficient (Wildman–Crippen LogP) is 1.56. The van der Waals surface area contributed by atoms with E-state index in [1.165, 1.54) is 0 Å². The molecule has 1 rings (SSSR count). The molecular formula is C13H21NO3. The summed E-state index contributed by atoms with van der Waals surface area (Å²) in [6.07, 6.45) is 0.898. The van der Waals surface area contributed by atoms with Crippen molar-refractivity contribution in [3.05, 3.63) is 23.8 Å². The Bertz CT molecular complexity index is 337. The van der Waals surface area contributed by atoms with Crippen molar-refractivity contribution in [3.63, 3.8) is 0 Å². The zero-order valence-electron chi connectivity index (χ0n) is 10.7. The fourth-order valence-corrected chi connectivity index (χ4v) is 1.59. The van der Waals surface area contributed by atoms with Gasteiger partial charge in [-0.3, -0.25) is 0 Å². The molecule has 0 saturated carbocycles. The van der Waals surface area contributed by atoms with Crippen molar-refractivity contribution in [1.29, 1.82) is 0 Å². The summed E-state index contributed by atoms with van der Waals surface area (Å²) in [5, 5.41) is 12.4. The van der Waals surface area contributed by atoms with Gasteiger partial charge in [-0.2, -0.15) is 0 Å². The number of benzene rings is 1. The summed E-state index contributed by atoms with van der Waals surface area (Å²) in [5.41, 5.74) is 1.06. The van der Waals surface area contributed by atoms with Crippen LogP contribution in [0.4, 0.5) is 0 Å². The van der Waals surface area contributed by atoms with Gasteiger partial charge in [-0.25, -0.2) is 0 Å². The third kappa shape index (κ3) is 3.91. The molecule has 0 aliphatic carbocycles. The van der Waals surface area contributed by atoms with Crippen LogP contribution < -0.4 is 14.8 Å². The van der Waals surface area contributed by atoms with E-state index in [9.17, 15) is 0 Å². The van der Waals surface area contributed by atoms with Crippen LogP contribution in [0.1, 0.15) is 18.9 Å². The van der Waals surface area contributed by atoms with Crippen molar-refractivity contribution in [1.82, 2.24) is 5.32 Å². The van der Waals surface area contributed by atoms with Crippen LogP contribution in [-0.2, 0) is 6.54 Å². The average molecular weight is 239 g/mol. The summed E-state index contributed by atoms with van der Waals surface area (Å²) >= 11 is 0. The second kappa shape index (κ2) is 7.14. The molecule has 1 aromatic rings. The van der Waals surface area contributed by atoms with Crippen LogP contribution in [-0.4, -0.2) is 32.0 Å². The summed E-state index contributed by atoms with van der Waals surface area (Å²) in [6, 6.07) is 5.85. The number of rotatable bonds is 7. The zero-order chi connectivity index (χ0) is 12.7. The van der Waals surface area contributed by atoms with Gasteiger partial charge in [0.05, 0.1) is 20.8 Å². The van der Waals surface area contributed by atoms with E-state index in [4.69, 9.17) is 14.6 Å². The van der Waals surface area contributed by atoms with Crippen LogP contribution >= 0.6 is 0 Å². The molecular weight excluding hydrogens is 218 g/mol. The molecule has 0 saturated heterocycles. The number of aliphatic hydroxyl groups is 1. The van der Waals surface area contributed by atoms with Gasteiger partial charge in [-0.05, 0) is 12.5 Å². The molecule has 4 nitrogen and oxygen atoms in total. The molecule has 0 radical (unpaired) electrons. The third-order valence-electron chi connectivity index (χ3n) is 2.79. The molecule has 96 valence electrons. The van der Waals surface area contributed by atoms with Crippen LogP contribution in [0.2, 0.25) is 0 Å². The van der Waals surface area contributed by atoms with Crippen molar-refractivity contribution in [3.8, 4) is 11.5 Å². The van der Waals surface area contributed by atoms with Gasteiger partial charge < -0.3 is 19.9 Å². The van der Waals surface area contributed by atoms with Gasteiger partial charge in [0.1, 0.15) is 11.5 Å². The summed E-state index contributed by atoms with van der Waals surface area (Å²) in [4.78, 5) is 0. The highest BCUT2D eigenvalue weighted by molar-refractivity contribution is 5.40. The lowest BCUT2D eigenvalue weighted by Gasteiger charge is -2.16. The molecule has 0 aliphatic rings. The Morgan fingerprint density at radius 1 is 1.29 bits per heavy atom. The van der Waals surface area contributed by atoms with Gasteiger partial charge >= 0.3 is 0 Å². The van der Waals surface area contributed by atoms with E-state index in [2.05, 4.69) is 5.32 Å². The normalized spacial score (nSPS) is 12.2. The first-order chi connectivity index (χ1) is 8.24. The van der Waals surface area contributed by atoms with E-state index in [1.54, 1.807) is 14.2 Å². The summed E-state index contributed by atoms with van der Waals surface area (Å²) in [7, 11) is 3.27. The van der Waals surface area contributed by atoms with E-state index >= 15 is 0 Å². The summed E-state index contributed by atoms with van der Waals surface area (Å²) < 4.78 is 10.4. The van der Waals surface area contributed by atoms with Crippen molar-refractivity contribution in [2.24, 2.45) is 0 Å². The highest BCUT2D eigenvalue weighted by atomic mass is 16.5. The smallest absolute Gasteiger partial charge is 0.127 e. The molecule has 1 atom stereocenters. The molecule has 1 aromatic carbocycles. The van der Waals surface area contributed by atoms with Gasteiger partial charge in [0.15, 0.2) is 0 Å². The first kappa shape index (κ1) is 13.8. The number of aliphatic hydroxyl groups excluding tert-OH is 1. The van der Waals surface area contributed by atoms with Crippen LogP contribution in [0.3, 0.4) is 0 Å². The Hall–Kier alpha value is -1.26. The SMILES string of the molecule is CCC(CO)NCc1ccc(OC)cc1OC. The van der Waals surface area contributed by atoms with Crippen LogP contribution in [0, 0.1) is 0 Å². The second-order valence-electron chi connectivity index (χ2n) is 3.85. The molecule has 1 unspecified atom stereocenters. The lowest BCUT2D eigenvalue weighted by atomic mass is 10.1. The molecule has 0 aliphatic heterocycles. The fraction of sp³-hybridized carbons (Fsp3) is 0.538. The number of hydrogen-bond donors (Lipinski definition) is 2. The number of nitrogens with one attached hydrogen (secondary N) is 1. The van der Waals surface area contributed by atoms with Gasteiger partial charge in [0.25, 0.3) is 0 Å². The predicted molar refractivity (Wildman–Crippen MR) is 67.6 cm³/mol. The lowest BCUT2D eigenvalue weighted by molar-refractivity contribution is 0.238. The minimum atomic E-state index is 0.127. The maximum absolute atomic E-state index is 9.10. The van der Waals surface area contributed by atoms with E-state index in [0.717, 1.165) is 23.5 Å². The average Bonchev–Trinajstić information content (AvgIpc) is 2.39. The minimum absolute atomic E-state index is 0.127. The standard InChI is InChI=1S/C13H21NO3/c1-4-11(9-15)14-8-10-5-6-12(16-2)7-13(10)17-3/h5-7,11,14-15H,4,8-9H2,1-3H3. The van der Waals surface area contributed by atoms with Crippen molar-refractivity contribution >= 4 is 0 Å². The Balaban J connectivity index is 2.70. The minimum Gasteiger partial charge on any atom is -0.497 e. The lowest BCUT2D eigenvalue weighted by Crippen LogP contribution is -2.31. The Morgan fingerprint density at radius 3 is 2.59 bits per heavy atom. The number of ether oxygens (including phenoxy) is 2. The summed E-state index contributed by atoms with van der Waals surface area (Å²) in [6.45, 7) is 2.86. The highest BCUT2D eigenvalue weighted by Crippen LogP contribution is 2.24. The van der Waals surface area contributed by atoms with Gasteiger partial charge in [-0.1, -0.05) is 13.0 Å². The Labute approximate surface area is 103 Å². The first-order valence-corrected chi connectivity index (χ1v) is 5.80. The Morgan fingerprint density at radius 2 is 2.06 bits per heavy atom. The maximum Gasteiger partial charge on any atom is 0.127 e. The first-order valence-electron chi connectivity index (χ1n) is 5.80. The fourth-order valence-electron chi connectivity index (χ4n) is 1.59. The molecule has 0 heterocycles. The monoisotopic (exact) mass is 239 g/mol. The van der Waals surface area contributed by atoms with Gasteiger partial charge in [-0.15, -0.1) is 0 Å². The van der Waals surface area contributed by atoms with Crippen LogP contribution in [0.15, 0.2) is 18.2 Å².